The first kappa shape index (κ1) is 58.4. The Hall–Kier alpha value is -10.6. The molecule has 12 heterocycles. The average Bonchev–Trinajstić information content (AvgIpc) is 1.77. The van der Waals surface area contributed by atoms with Crippen molar-refractivity contribution >= 4 is 68.1 Å². The van der Waals surface area contributed by atoms with Gasteiger partial charge in [-0.25, -0.2) is 19.9 Å². The Balaban J connectivity index is 0.000000124. The molecule has 0 aliphatic carbocycles. The number of methoxy groups -OCH3 is 2. The summed E-state index contributed by atoms with van der Waals surface area (Å²) in [6, 6.07) is 46.3. The lowest BCUT2D eigenvalue weighted by atomic mass is 10.1. The summed E-state index contributed by atoms with van der Waals surface area (Å²) in [5, 5.41) is 10.5. The summed E-state index contributed by atoms with van der Waals surface area (Å²) in [5.41, 5.74) is 20.0. The minimum absolute atomic E-state index is 0.256. The highest BCUT2D eigenvalue weighted by atomic mass is 16.5. The SMILES string of the molecule is COc1ncc(-c2ccc(Nc3ccc(N4CCOCC4)cc3)c3nccn23)c(OC)n1.Cc1ccc(-c2ccc(Nc3ccc(N4CCOCC4)cc3)c3nccn23)cn1.Cc1ccc(-c2ccc(Nc3ccc(N4CCOCC4)cc3)c3nccn23)cn1. The summed E-state index contributed by atoms with van der Waals surface area (Å²) in [4.78, 5) is 38.1. The van der Waals surface area contributed by atoms with Crippen LogP contribution in [-0.2, 0) is 14.2 Å². The van der Waals surface area contributed by atoms with E-state index in [9.17, 15) is 0 Å². The van der Waals surface area contributed by atoms with Gasteiger partial charge in [0.1, 0.15) is 0 Å². The predicted molar refractivity (Wildman–Crippen MR) is 354 cm³/mol. The van der Waals surface area contributed by atoms with Crippen molar-refractivity contribution in [2.45, 2.75) is 13.8 Å². The fraction of sp³-hybridized carbons (Fsp3) is 0.232. The number of fused-ring (bicyclic) bond motifs is 3. The average molecular weight is 1200 g/mol. The number of hydrogen-bond acceptors (Lipinski definition) is 18. The molecule has 0 amide bonds. The summed E-state index contributed by atoms with van der Waals surface area (Å²) >= 11 is 0. The maximum atomic E-state index is 5.46. The van der Waals surface area contributed by atoms with E-state index in [1.54, 1.807) is 19.5 Å². The van der Waals surface area contributed by atoms with Gasteiger partial charge in [-0.2, -0.15) is 4.98 Å². The van der Waals surface area contributed by atoms with Crippen LogP contribution in [0.1, 0.15) is 11.4 Å². The molecular formula is C69H70N16O5. The van der Waals surface area contributed by atoms with Gasteiger partial charge in [0.15, 0.2) is 16.9 Å². The lowest BCUT2D eigenvalue weighted by Crippen LogP contribution is -2.36. The zero-order valence-corrected chi connectivity index (χ0v) is 50.7. The third-order valence-electron chi connectivity index (χ3n) is 16.0. The molecule has 0 saturated carbocycles. The maximum absolute atomic E-state index is 5.46. The van der Waals surface area contributed by atoms with Crippen molar-refractivity contribution < 1.29 is 23.7 Å². The fourth-order valence-corrected chi connectivity index (χ4v) is 11.2. The van der Waals surface area contributed by atoms with E-state index in [0.717, 1.165) is 175 Å². The van der Waals surface area contributed by atoms with Crippen molar-refractivity contribution in [1.29, 1.82) is 0 Å². The molecule has 15 rings (SSSR count). The van der Waals surface area contributed by atoms with Crippen LogP contribution in [0.2, 0.25) is 0 Å². The largest absolute Gasteiger partial charge is 0.480 e. The molecule has 0 bridgehead atoms. The first-order valence-electron chi connectivity index (χ1n) is 30.1. The zero-order chi connectivity index (χ0) is 61.2. The van der Waals surface area contributed by atoms with Crippen molar-refractivity contribution in [3.8, 4) is 45.7 Å². The second-order valence-corrected chi connectivity index (χ2v) is 21.7. The summed E-state index contributed by atoms with van der Waals surface area (Å²) in [5.74, 6) is 0.436. The number of rotatable bonds is 14. The van der Waals surface area contributed by atoms with Crippen molar-refractivity contribution in [1.82, 2.24) is 48.1 Å². The Kier molecular flexibility index (Phi) is 17.7. The second kappa shape index (κ2) is 27.2. The number of anilines is 9. The van der Waals surface area contributed by atoms with Crippen LogP contribution < -0.4 is 40.1 Å². The lowest BCUT2D eigenvalue weighted by molar-refractivity contribution is 0.122. The number of aromatic nitrogens is 10. The van der Waals surface area contributed by atoms with Gasteiger partial charge >= 0.3 is 6.01 Å². The number of nitrogens with zero attached hydrogens (tertiary/aromatic N) is 13. The Morgan fingerprint density at radius 2 is 0.744 bits per heavy atom. The Labute approximate surface area is 521 Å². The zero-order valence-electron chi connectivity index (χ0n) is 50.7. The van der Waals surface area contributed by atoms with Crippen LogP contribution in [0, 0.1) is 13.8 Å². The molecule has 3 aromatic carbocycles. The number of hydrogen-bond donors (Lipinski definition) is 3. The highest BCUT2D eigenvalue weighted by Gasteiger charge is 2.19. The molecule has 0 unspecified atom stereocenters. The molecule has 456 valence electrons. The normalized spacial score (nSPS) is 14.2. The quantitative estimate of drug-likeness (QED) is 0.0929. The molecule has 0 spiro atoms. The van der Waals surface area contributed by atoms with Gasteiger partial charge in [0.25, 0.3) is 0 Å². The highest BCUT2D eigenvalue weighted by molar-refractivity contribution is 5.82. The second-order valence-electron chi connectivity index (χ2n) is 21.7. The van der Waals surface area contributed by atoms with Gasteiger partial charge < -0.3 is 54.3 Å². The van der Waals surface area contributed by atoms with Gasteiger partial charge in [0.05, 0.1) is 93.6 Å². The lowest BCUT2D eigenvalue weighted by Gasteiger charge is -2.29. The standard InChI is InChI=1S/C23H24N6O3.2C23H23N5O/c1-30-22-18(15-25-23(27-22)31-2)20-8-7-19(21-24-9-10-29(20)21)26-16-3-5-17(6-4-16)28-11-13-32-14-12-28;2*1-17-2-3-18(16-25-17)22-9-8-21(23-24-10-11-28(22)23)26-19-4-6-20(7-5-19)27-12-14-29-15-13-27/h3-10,15,26H,11-14H2,1-2H3;2*2-11,16,26H,12-15H2,1H3. The van der Waals surface area contributed by atoms with Gasteiger partial charge in [-0.1, -0.05) is 0 Å². The first-order chi connectivity index (χ1) is 44.3. The molecule has 3 fully saturated rings. The smallest absolute Gasteiger partial charge is 0.319 e. The molecule has 21 nitrogen and oxygen atoms in total. The molecule has 0 radical (unpaired) electrons. The van der Waals surface area contributed by atoms with Gasteiger partial charge in [-0.15, -0.1) is 0 Å². The summed E-state index contributed by atoms with van der Waals surface area (Å²) in [6.07, 6.45) is 16.8. The molecular weight excluding hydrogens is 1130 g/mol. The van der Waals surface area contributed by atoms with Crippen LogP contribution in [0.3, 0.4) is 0 Å². The Morgan fingerprint density at radius 3 is 1.09 bits per heavy atom. The molecule has 3 saturated heterocycles. The van der Waals surface area contributed by atoms with Crippen LogP contribution in [0.25, 0.3) is 50.7 Å². The van der Waals surface area contributed by atoms with Crippen molar-refractivity contribution in [3.63, 3.8) is 0 Å². The number of pyridine rings is 5. The summed E-state index contributed by atoms with van der Waals surface area (Å²) in [7, 11) is 3.10. The Bertz CT molecular complexity index is 4150. The van der Waals surface area contributed by atoms with E-state index in [4.69, 9.17) is 23.7 Å². The van der Waals surface area contributed by atoms with E-state index in [1.807, 2.05) is 85.9 Å². The summed E-state index contributed by atoms with van der Waals surface area (Å²) < 4.78 is 33.1. The minimum Gasteiger partial charge on any atom is -0.480 e. The van der Waals surface area contributed by atoms with Gasteiger partial charge in [0.2, 0.25) is 5.88 Å². The predicted octanol–water partition coefficient (Wildman–Crippen LogP) is 12.0. The molecule has 3 aliphatic rings. The van der Waals surface area contributed by atoms with Crippen LogP contribution >= 0.6 is 0 Å². The Morgan fingerprint density at radius 1 is 0.378 bits per heavy atom. The molecule has 3 N–H and O–H groups in total. The van der Waals surface area contributed by atoms with E-state index in [1.165, 1.54) is 24.2 Å². The highest BCUT2D eigenvalue weighted by Crippen LogP contribution is 2.35. The first-order valence-corrected chi connectivity index (χ1v) is 30.1. The number of aryl methyl sites for hydroxylation is 2. The molecule has 21 heteroatoms. The number of ether oxygens (including phenoxy) is 5. The van der Waals surface area contributed by atoms with Gasteiger partial charge in [-0.05, 0) is 147 Å². The van der Waals surface area contributed by atoms with E-state index >= 15 is 0 Å². The van der Waals surface area contributed by atoms with Gasteiger partial charge in [-0.3, -0.25) is 23.2 Å². The molecule has 12 aromatic rings. The van der Waals surface area contributed by atoms with E-state index in [2.05, 4.69) is 184 Å². The fourth-order valence-electron chi connectivity index (χ4n) is 11.2. The van der Waals surface area contributed by atoms with Crippen LogP contribution in [0.15, 0.2) is 189 Å². The molecule has 0 atom stereocenters. The third kappa shape index (κ3) is 13.1. The van der Waals surface area contributed by atoms with Crippen molar-refractivity contribution in [2.75, 3.05) is 124 Å². The summed E-state index contributed by atoms with van der Waals surface area (Å²) in [6.45, 7) is 14.3. The van der Waals surface area contributed by atoms with Crippen molar-refractivity contribution in [3.05, 3.63) is 201 Å². The minimum atomic E-state index is 0.256. The van der Waals surface area contributed by atoms with Crippen LogP contribution in [-0.4, -0.2) is 141 Å². The van der Waals surface area contributed by atoms with Crippen LogP contribution in [0.5, 0.6) is 11.9 Å². The number of morpholine rings is 3. The third-order valence-corrected chi connectivity index (χ3v) is 16.0. The van der Waals surface area contributed by atoms with E-state index in [-0.39, 0.29) is 6.01 Å². The van der Waals surface area contributed by atoms with Gasteiger partial charge in [0, 0.05) is 152 Å². The number of imidazole rings is 3. The maximum Gasteiger partial charge on any atom is 0.319 e. The number of nitrogens with one attached hydrogen (secondary N) is 3. The van der Waals surface area contributed by atoms with E-state index in [0.29, 0.717) is 5.88 Å². The topological polar surface area (TPSA) is 195 Å². The molecule has 90 heavy (non-hydrogen) atoms. The monoisotopic (exact) mass is 1200 g/mol. The van der Waals surface area contributed by atoms with E-state index < -0.39 is 0 Å². The number of benzene rings is 3. The molecule has 3 aliphatic heterocycles. The molecule has 9 aromatic heterocycles. The van der Waals surface area contributed by atoms with Crippen LogP contribution in [0.4, 0.5) is 51.2 Å². The van der Waals surface area contributed by atoms with Crippen molar-refractivity contribution in [2.24, 2.45) is 0 Å².